The molecule has 1 atom stereocenters. The lowest BCUT2D eigenvalue weighted by Crippen LogP contribution is -2.33. The minimum atomic E-state index is -0.782. The third kappa shape index (κ3) is 4.42. The van der Waals surface area contributed by atoms with E-state index in [1.807, 2.05) is 25.1 Å². The van der Waals surface area contributed by atoms with E-state index in [-0.39, 0.29) is 17.4 Å². The van der Waals surface area contributed by atoms with Crippen LogP contribution in [0.25, 0.3) is 10.2 Å². The average Bonchev–Trinajstić information content (AvgIpc) is 3.19. The second kappa shape index (κ2) is 9.88. The molecule has 34 heavy (non-hydrogen) atoms. The number of fused-ring (bicyclic) bond motifs is 1. The molecule has 1 unspecified atom stereocenters. The fourth-order valence-corrected chi connectivity index (χ4v) is 4.79. The highest BCUT2D eigenvalue weighted by Gasteiger charge is 2.25. The van der Waals surface area contributed by atoms with Crippen LogP contribution >= 0.6 is 11.3 Å². The minimum absolute atomic E-state index is 0.307. The first-order chi connectivity index (χ1) is 16.4. The molecule has 9 heteroatoms. The molecule has 2 amide bonds. The Kier molecular flexibility index (Phi) is 6.74. The van der Waals surface area contributed by atoms with Gasteiger partial charge >= 0.3 is 0 Å². The van der Waals surface area contributed by atoms with Crippen molar-refractivity contribution < 1.29 is 14.3 Å². The van der Waals surface area contributed by atoms with Crippen LogP contribution < -0.4 is 20.9 Å². The first-order valence-corrected chi connectivity index (χ1v) is 11.6. The van der Waals surface area contributed by atoms with Crippen LogP contribution in [-0.4, -0.2) is 28.5 Å². The van der Waals surface area contributed by atoms with E-state index in [1.165, 1.54) is 18.0 Å². The van der Waals surface area contributed by atoms with Crippen molar-refractivity contribution in [1.82, 2.24) is 9.55 Å². The Morgan fingerprint density at radius 1 is 1.09 bits per heavy atom. The summed E-state index contributed by atoms with van der Waals surface area (Å²) in [5.74, 6) is -0.141. The molecule has 2 N–H and O–H groups in total. The summed E-state index contributed by atoms with van der Waals surface area (Å²) >= 11 is 1.16. The SMILES string of the molecule is CCC(C(=O)Nc1ccccc1OC)n1cnc2sc(C(=O)Nc3ccccc3)c(C)c2c1=O. The fraction of sp³-hybridized carbons (Fsp3) is 0.200. The van der Waals surface area contributed by atoms with Gasteiger partial charge in [0.2, 0.25) is 5.91 Å². The van der Waals surface area contributed by atoms with E-state index in [9.17, 15) is 14.4 Å². The van der Waals surface area contributed by atoms with Gasteiger partial charge in [0.05, 0.1) is 29.4 Å². The molecule has 174 valence electrons. The summed E-state index contributed by atoms with van der Waals surface area (Å²) in [6.45, 7) is 3.55. The molecule has 0 aliphatic carbocycles. The van der Waals surface area contributed by atoms with Crippen LogP contribution in [0.3, 0.4) is 0 Å². The van der Waals surface area contributed by atoms with Crippen LogP contribution in [0.4, 0.5) is 11.4 Å². The normalized spacial score (nSPS) is 11.7. The number of hydrogen-bond donors (Lipinski definition) is 2. The summed E-state index contributed by atoms with van der Waals surface area (Å²) in [6, 6.07) is 15.4. The Labute approximate surface area is 200 Å². The van der Waals surface area contributed by atoms with Crippen LogP contribution in [0.5, 0.6) is 5.75 Å². The molecular weight excluding hydrogens is 452 g/mol. The van der Waals surface area contributed by atoms with Gasteiger partial charge in [-0.05, 0) is 43.2 Å². The molecule has 0 aliphatic heterocycles. The molecule has 0 spiro atoms. The third-order valence-electron chi connectivity index (χ3n) is 5.50. The first-order valence-electron chi connectivity index (χ1n) is 10.7. The summed E-state index contributed by atoms with van der Waals surface area (Å²) in [7, 11) is 1.52. The predicted octanol–water partition coefficient (Wildman–Crippen LogP) is 4.62. The van der Waals surface area contributed by atoms with Gasteiger partial charge in [0.25, 0.3) is 11.5 Å². The van der Waals surface area contributed by atoms with Crippen LogP contribution in [0.2, 0.25) is 0 Å². The number of benzene rings is 2. The van der Waals surface area contributed by atoms with E-state index in [4.69, 9.17) is 4.74 Å². The van der Waals surface area contributed by atoms with Crippen LogP contribution in [-0.2, 0) is 4.79 Å². The highest BCUT2D eigenvalue weighted by Crippen LogP contribution is 2.29. The van der Waals surface area contributed by atoms with Crippen LogP contribution in [0.1, 0.15) is 34.6 Å². The number of aryl methyl sites for hydroxylation is 1. The molecule has 2 heterocycles. The fourth-order valence-electron chi connectivity index (χ4n) is 3.76. The van der Waals surface area contributed by atoms with Gasteiger partial charge in [-0.2, -0.15) is 0 Å². The monoisotopic (exact) mass is 476 g/mol. The molecular formula is C25H24N4O4S. The number of carbonyl (C=O) groups is 2. The Morgan fingerprint density at radius 2 is 1.79 bits per heavy atom. The largest absolute Gasteiger partial charge is 0.495 e. The van der Waals surface area contributed by atoms with E-state index < -0.39 is 6.04 Å². The molecule has 0 saturated carbocycles. The van der Waals surface area contributed by atoms with Gasteiger partial charge in [0.1, 0.15) is 16.6 Å². The molecule has 0 radical (unpaired) electrons. The number of methoxy groups -OCH3 is 1. The van der Waals surface area contributed by atoms with Crippen molar-refractivity contribution in [3.05, 3.63) is 81.7 Å². The summed E-state index contributed by atoms with van der Waals surface area (Å²) < 4.78 is 6.62. The molecule has 2 aromatic heterocycles. The number of rotatable bonds is 7. The summed E-state index contributed by atoms with van der Waals surface area (Å²) in [4.78, 5) is 44.6. The first kappa shape index (κ1) is 23.2. The van der Waals surface area contributed by atoms with Crippen molar-refractivity contribution in [1.29, 1.82) is 0 Å². The number of aromatic nitrogens is 2. The Balaban J connectivity index is 1.67. The molecule has 0 aliphatic rings. The zero-order valence-electron chi connectivity index (χ0n) is 19.0. The third-order valence-corrected chi connectivity index (χ3v) is 6.70. The Hall–Kier alpha value is -3.98. The average molecular weight is 477 g/mol. The van der Waals surface area contributed by atoms with Crippen molar-refractivity contribution in [3.8, 4) is 5.75 Å². The Morgan fingerprint density at radius 3 is 2.50 bits per heavy atom. The number of carbonyl (C=O) groups excluding carboxylic acids is 2. The van der Waals surface area contributed by atoms with E-state index in [2.05, 4.69) is 15.6 Å². The predicted molar refractivity (Wildman–Crippen MR) is 134 cm³/mol. The minimum Gasteiger partial charge on any atom is -0.495 e. The van der Waals surface area contributed by atoms with E-state index in [1.54, 1.807) is 43.3 Å². The molecule has 4 aromatic rings. The smallest absolute Gasteiger partial charge is 0.266 e. The van der Waals surface area contributed by atoms with Gasteiger partial charge in [0.15, 0.2) is 0 Å². The topological polar surface area (TPSA) is 102 Å². The van der Waals surface area contributed by atoms with Gasteiger partial charge in [-0.25, -0.2) is 4.98 Å². The number of nitrogens with one attached hydrogen (secondary N) is 2. The highest BCUT2D eigenvalue weighted by atomic mass is 32.1. The maximum Gasteiger partial charge on any atom is 0.266 e. The molecule has 0 fully saturated rings. The van der Waals surface area contributed by atoms with Gasteiger partial charge in [-0.1, -0.05) is 37.3 Å². The van der Waals surface area contributed by atoms with Gasteiger partial charge in [0, 0.05) is 5.69 Å². The van der Waals surface area contributed by atoms with Crippen LogP contribution in [0.15, 0.2) is 65.7 Å². The number of thiophene rings is 1. The summed E-state index contributed by atoms with van der Waals surface area (Å²) in [5, 5.41) is 6.02. The highest BCUT2D eigenvalue weighted by molar-refractivity contribution is 7.20. The molecule has 0 bridgehead atoms. The second-order valence-electron chi connectivity index (χ2n) is 7.63. The number of anilines is 2. The van der Waals surface area contributed by atoms with E-state index >= 15 is 0 Å². The van der Waals surface area contributed by atoms with E-state index in [0.717, 1.165) is 11.3 Å². The van der Waals surface area contributed by atoms with Crippen molar-refractivity contribution in [2.24, 2.45) is 0 Å². The standard InChI is InChI=1S/C25H24N4O4S/c1-4-18(22(30)28-17-12-8-9-13-19(17)33-3)29-14-26-24-20(25(29)32)15(2)21(34-24)23(31)27-16-10-6-5-7-11-16/h5-14,18H,4H2,1-3H3,(H,27,31)(H,28,30). The zero-order chi connectivity index (χ0) is 24.2. The van der Waals surface area contributed by atoms with Crippen molar-refractivity contribution in [2.75, 3.05) is 17.7 Å². The summed E-state index contributed by atoms with van der Waals surface area (Å²) in [5.41, 5.74) is 1.36. The second-order valence-corrected chi connectivity index (χ2v) is 8.63. The maximum atomic E-state index is 13.4. The number of nitrogens with zero attached hydrogens (tertiary/aromatic N) is 2. The van der Waals surface area contributed by atoms with Gasteiger partial charge < -0.3 is 15.4 Å². The molecule has 2 aromatic carbocycles. The van der Waals surface area contributed by atoms with Gasteiger partial charge in [-0.3, -0.25) is 19.0 Å². The Bertz CT molecular complexity index is 1410. The quantitative estimate of drug-likeness (QED) is 0.405. The number of ether oxygens (including phenoxy) is 1. The van der Waals surface area contributed by atoms with Crippen molar-refractivity contribution in [3.63, 3.8) is 0 Å². The van der Waals surface area contributed by atoms with Crippen molar-refractivity contribution in [2.45, 2.75) is 26.3 Å². The summed E-state index contributed by atoms with van der Waals surface area (Å²) in [6.07, 6.45) is 1.74. The maximum absolute atomic E-state index is 13.4. The lowest BCUT2D eigenvalue weighted by atomic mass is 10.1. The lowest BCUT2D eigenvalue weighted by molar-refractivity contribution is -0.119. The molecule has 8 nitrogen and oxygen atoms in total. The molecule has 4 rings (SSSR count). The number of hydrogen-bond acceptors (Lipinski definition) is 6. The lowest BCUT2D eigenvalue weighted by Gasteiger charge is -2.18. The zero-order valence-corrected chi connectivity index (χ0v) is 19.8. The van der Waals surface area contributed by atoms with Gasteiger partial charge in [-0.15, -0.1) is 11.3 Å². The van der Waals surface area contributed by atoms with Crippen LogP contribution in [0, 0.1) is 6.92 Å². The number of amides is 2. The van der Waals surface area contributed by atoms with Crippen molar-refractivity contribution >= 4 is 44.7 Å². The number of para-hydroxylation sites is 3. The molecule has 0 saturated heterocycles. The van der Waals surface area contributed by atoms with E-state index in [0.29, 0.717) is 44.2 Å².